The lowest BCUT2D eigenvalue weighted by Gasteiger charge is -2.18. The number of rotatable bonds is 6. The first-order valence-corrected chi connectivity index (χ1v) is 5.66. The summed E-state index contributed by atoms with van der Waals surface area (Å²) >= 11 is 0. The molecule has 3 atom stereocenters. The minimum Gasteiger partial charge on any atom is -0.465 e. The molecule has 0 spiro atoms. The van der Waals surface area contributed by atoms with E-state index in [-0.39, 0.29) is 25.1 Å². The second-order valence-electron chi connectivity index (χ2n) is 4.16. The van der Waals surface area contributed by atoms with Gasteiger partial charge in [-0.05, 0) is 6.42 Å². The van der Waals surface area contributed by atoms with Crippen LogP contribution >= 0.6 is 0 Å². The lowest BCUT2D eigenvalue weighted by molar-refractivity contribution is -0.144. The predicted octanol–water partition coefficient (Wildman–Crippen LogP) is 0.709. The summed E-state index contributed by atoms with van der Waals surface area (Å²) in [6.45, 7) is 2.23. The van der Waals surface area contributed by atoms with Crippen molar-refractivity contribution in [3.8, 4) is 0 Å². The van der Waals surface area contributed by atoms with Crippen molar-refractivity contribution in [3.05, 3.63) is 0 Å². The molecule has 2 N–H and O–H groups in total. The maximum absolute atomic E-state index is 11.3. The molecule has 0 saturated carbocycles. The maximum Gasteiger partial charge on any atom is 0.312 e. The first-order chi connectivity index (χ1) is 7.20. The monoisotopic (exact) mass is 216 g/mol. The van der Waals surface area contributed by atoms with E-state index in [1.54, 1.807) is 0 Å². The number of hydrogen-bond acceptors (Lipinski definition) is 4. The van der Waals surface area contributed by atoms with Crippen molar-refractivity contribution >= 4 is 5.97 Å². The van der Waals surface area contributed by atoms with Gasteiger partial charge in [-0.3, -0.25) is 4.79 Å². The van der Waals surface area contributed by atoms with Gasteiger partial charge in [0.25, 0.3) is 0 Å². The molecular formula is C11H20O4. The Morgan fingerprint density at radius 3 is 2.87 bits per heavy atom. The smallest absolute Gasteiger partial charge is 0.312 e. The lowest BCUT2D eigenvalue weighted by Crippen LogP contribution is -2.31. The van der Waals surface area contributed by atoms with E-state index in [9.17, 15) is 9.90 Å². The first kappa shape index (κ1) is 12.5. The zero-order valence-corrected chi connectivity index (χ0v) is 9.19. The molecule has 0 amide bonds. The maximum atomic E-state index is 11.3. The highest BCUT2D eigenvalue weighted by Crippen LogP contribution is 2.27. The minimum atomic E-state index is -0.663. The molecule has 4 nitrogen and oxygen atoms in total. The average molecular weight is 216 g/mol. The van der Waals surface area contributed by atoms with E-state index in [0.29, 0.717) is 6.42 Å². The molecule has 88 valence electrons. The largest absolute Gasteiger partial charge is 0.465 e. The summed E-state index contributed by atoms with van der Waals surface area (Å²) in [5.74, 6) is -1.11. The number of carbonyl (C=O) groups excluding carboxylic acids is 1. The molecule has 1 rings (SSSR count). The van der Waals surface area contributed by atoms with Gasteiger partial charge in [-0.15, -0.1) is 0 Å². The van der Waals surface area contributed by atoms with Crippen LogP contribution in [0.3, 0.4) is 0 Å². The normalized spacial score (nSPS) is 27.8. The Labute approximate surface area is 90.2 Å². The molecule has 15 heavy (non-hydrogen) atoms. The van der Waals surface area contributed by atoms with Crippen LogP contribution in [0.2, 0.25) is 0 Å². The van der Waals surface area contributed by atoms with Crippen molar-refractivity contribution in [2.45, 2.75) is 38.7 Å². The average Bonchev–Trinajstić information content (AvgIpc) is 2.59. The molecule has 1 aliphatic heterocycles. The lowest BCUT2D eigenvalue weighted by atomic mass is 9.88. The third-order valence-electron chi connectivity index (χ3n) is 2.97. The van der Waals surface area contributed by atoms with E-state index in [1.165, 1.54) is 0 Å². The summed E-state index contributed by atoms with van der Waals surface area (Å²) in [4.78, 5) is 11.3. The highest BCUT2D eigenvalue weighted by atomic mass is 16.5. The predicted molar refractivity (Wildman–Crippen MR) is 55.2 cm³/mol. The molecule has 1 saturated heterocycles. The Hall–Kier alpha value is -0.610. The van der Waals surface area contributed by atoms with Crippen LogP contribution in [0.5, 0.6) is 0 Å². The summed E-state index contributed by atoms with van der Waals surface area (Å²) in [5.41, 5.74) is 0. The molecular weight excluding hydrogens is 196 g/mol. The molecule has 4 heteroatoms. The van der Waals surface area contributed by atoms with E-state index in [4.69, 9.17) is 9.84 Å². The van der Waals surface area contributed by atoms with Gasteiger partial charge in [0.2, 0.25) is 0 Å². The summed E-state index contributed by atoms with van der Waals surface area (Å²) in [6.07, 6.45) is 3.01. The molecule has 0 bridgehead atoms. The fourth-order valence-corrected chi connectivity index (χ4v) is 2.00. The third-order valence-corrected chi connectivity index (χ3v) is 2.97. The van der Waals surface area contributed by atoms with Gasteiger partial charge in [-0.1, -0.05) is 26.2 Å². The van der Waals surface area contributed by atoms with Crippen LogP contribution in [0, 0.1) is 11.8 Å². The quantitative estimate of drug-likeness (QED) is 0.507. The van der Waals surface area contributed by atoms with Crippen LogP contribution in [0.15, 0.2) is 0 Å². The Kier molecular flexibility index (Phi) is 5.05. The number of cyclic esters (lactones) is 1. The van der Waals surface area contributed by atoms with Crippen molar-refractivity contribution in [2.24, 2.45) is 11.8 Å². The number of hydrogen-bond donors (Lipinski definition) is 2. The van der Waals surface area contributed by atoms with Crippen molar-refractivity contribution in [3.63, 3.8) is 0 Å². The van der Waals surface area contributed by atoms with E-state index in [1.807, 2.05) is 0 Å². The van der Waals surface area contributed by atoms with Crippen LogP contribution < -0.4 is 0 Å². The molecule has 0 aromatic carbocycles. The standard InChI is InChI=1S/C11H20O4/c1-2-3-4-5-9(13)10-8(6-12)7-15-11(10)14/h8-10,12-13H,2-7H2,1H3/t8-,9+,10+/m0/s1. The number of aliphatic hydroxyl groups is 2. The van der Waals surface area contributed by atoms with Crippen LogP contribution in [0.25, 0.3) is 0 Å². The van der Waals surface area contributed by atoms with Gasteiger partial charge in [0.05, 0.1) is 25.2 Å². The first-order valence-electron chi connectivity index (χ1n) is 5.66. The molecule has 0 aromatic rings. The van der Waals surface area contributed by atoms with E-state index in [2.05, 4.69) is 6.92 Å². The van der Waals surface area contributed by atoms with Crippen molar-refractivity contribution in [1.82, 2.24) is 0 Å². The van der Waals surface area contributed by atoms with E-state index < -0.39 is 12.0 Å². The Morgan fingerprint density at radius 1 is 1.53 bits per heavy atom. The summed E-state index contributed by atoms with van der Waals surface area (Å²) < 4.78 is 4.84. The molecule has 0 radical (unpaired) electrons. The number of esters is 1. The summed E-state index contributed by atoms with van der Waals surface area (Å²) in [5, 5.41) is 18.9. The van der Waals surface area contributed by atoms with E-state index in [0.717, 1.165) is 19.3 Å². The second kappa shape index (κ2) is 6.08. The number of aliphatic hydroxyl groups excluding tert-OH is 2. The Balaban J connectivity index is 2.41. The Bertz CT molecular complexity index is 205. The molecule has 1 aliphatic rings. The van der Waals surface area contributed by atoms with Crippen molar-refractivity contribution < 1.29 is 19.7 Å². The van der Waals surface area contributed by atoms with Gasteiger partial charge in [0, 0.05) is 5.92 Å². The van der Waals surface area contributed by atoms with Gasteiger partial charge < -0.3 is 14.9 Å². The van der Waals surface area contributed by atoms with Crippen LogP contribution in [0.4, 0.5) is 0 Å². The highest BCUT2D eigenvalue weighted by Gasteiger charge is 2.40. The van der Waals surface area contributed by atoms with Gasteiger partial charge >= 0.3 is 5.97 Å². The molecule has 1 heterocycles. The fraction of sp³-hybridized carbons (Fsp3) is 0.909. The van der Waals surface area contributed by atoms with Gasteiger partial charge in [0.1, 0.15) is 0 Å². The molecule has 1 fully saturated rings. The highest BCUT2D eigenvalue weighted by molar-refractivity contribution is 5.75. The molecule has 0 unspecified atom stereocenters. The van der Waals surface area contributed by atoms with Crippen LogP contribution in [-0.4, -0.2) is 35.5 Å². The third kappa shape index (κ3) is 3.18. The van der Waals surface area contributed by atoms with Gasteiger partial charge in [0.15, 0.2) is 0 Å². The molecule has 0 aliphatic carbocycles. The molecule has 0 aromatic heterocycles. The number of carbonyl (C=O) groups is 1. The van der Waals surface area contributed by atoms with Crippen LogP contribution in [-0.2, 0) is 9.53 Å². The Morgan fingerprint density at radius 2 is 2.27 bits per heavy atom. The van der Waals surface area contributed by atoms with E-state index >= 15 is 0 Å². The fourth-order valence-electron chi connectivity index (χ4n) is 2.00. The van der Waals surface area contributed by atoms with Gasteiger partial charge in [-0.25, -0.2) is 0 Å². The van der Waals surface area contributed by atoms with Crippen molar-refractivity contribution in [2.75, 3.05) is 13.2 Å². The van der Waals surface area contributed by atoms with Gasteiger partial charge in [-0.2, -0.15) is 0 Å². The minimum absolute atomic E-state index is 0.0960. The number of ether oxygens (including phenoxy) is 1. The van der Waals surface area contributed by atoms with Crippen molar-refractivity contribution in [1.29, 1.82) is 0 Å². The zero-order valence-electron chi connectivity index (χ0n) is 9.19. The summed E-state index contributed by atoms with van der Waals surface area (Å²) in [7, 11) is 0. The van der Waals surface area contributed by atoms with Crippen LogP contribution in [0.1, 0.15) is 32.6 Å². The summed E-state index contributed by atoms with van der Waals surface area (Å²) in [6, 6.07) is 0. The second-order valence-corrected chi connectivity index (χ2v) is 4.16. The zero-order chi connectivity index (χ0) is 11.3. The SMILES string of the molecule is CCCCC[C@@H](O)[C@@H]1C(=O)OC[C@@H]1CO. The number of unbranched alkanes of at least 4 members (excludes halogenated alkanes) is 2. The topological polar surface area (TPSA) is 66.8 Å².